The molecule has 20 heavy (non-hydrogen) atoms. The molecule has 1 saturated heterocycles. The van der Waals surface area contributed by atoms with Gasteiger partial charge in [-0.3, -0.25) is 9.59 Å². The molecule has 0 spiro atoms. The van der Waals surface area contributed by atoms with Crippen LogP contribution < -0.4 is 15.8 Å². The lowest BCUT2D eigenvalue weighted by Gasteiger charge is -2.21. The highest BCUT2D eigenvalue weighted by Crippen LogP contribution is 2.17. The molecule has 0 saturated carbocycles. The van der Waals surface area contributed by atoms with Crippen molar-refractivity contribution in [2.24, 2.45) is 11.1 Å². The maximum atomic E-state index is 12.0. The van der Waals surface area contributed by atoms with Crippen molar-refractivity contribution in [2.75, 3.05) is 11.9 Å². The molecule has 0 radical (unpaired) electrons. The van der Waals surface area contributed by atoms with E-state index < -0.39 is 10.0 Å². The van der Waals surface area contributed by atoms with Crippen molar-refractivity contribution in [3.8, 4) is 0 Å². The number of hydrogen-bond donors (Lipinski definition) is 3. The van der Waals surface area contributed by atoms with E-state index in [9.17, 15) is 18.0 Å². The van der Waals surface area contributed by atoms with Crippen LogP contribution in [0.4, 0.5) is 5.69 Å². The highest BCUT2D eigenvalue weighted by atomic mass is 32.2. The molecule has 4 N–H and O–H groups in total. The summed E-state index contributed by atoms with van der Waals surface area (Å²) >= 11 is 0. The summed E-state index contributed by atoms with van der Waals surface area (Å²) in [7, 11) is -3.80. The minimum absolute atomic E-state index is 0.0627. The molecule has 0 aliphatic carbocycles. The minimum atomic E-state index is -3.80. The van der Waals surface area contributed by atoms with Gasteiger partial charge in [0.15, 0.2) is 0 Å². The predicted molar refractivity (Wildman–Crippen MR) is 72.2 cm³/mol. The summed E-state index contributed by atoms with van der Waals surface area (Å²) in [5, 5.41) is 10.3. The number of carbonyl (C=O) groups is 2. The number of amides is 2. The highest BCUT2D eigenvalue weighted by Gasteiger charge is 2.24. The van der Waals surface area contributed by atoms with Gasteiger partial charge in [-0.2, -0.15) is 0 Å². The van der Waals surface area contributed by atoms with Gasteiger partial charge in [0.2, 0.25) is 21.8 Å². The number of rotatable bonds is 3. The van der Waals surface area contributed by atoms with E-state index in [1.165, 1.54) is 18.2 Å². The third kappa shape index (κ3) is 3.55. The number of carbonyl (C=O) groups excluding carboxylic acids is 2. The first-order chi connectivity index (χ1) is 9.36. The first-order valence-electron chi connectivity index (χ1n) is 6.07. The van der Waals surface area contributed by atoms with Crippen LogP contribution in [-0.2, 0) is 19.6 Å². The highest BCUT2D eigenvalue weighted by molar-refractivity contribution is 7.89. The van der Waals surface area contributed by atoms with Crippen LogP contribution in [0.1, 0.15) is 12.8 Å². The number of nitrogens with one attached hydrogen (secondary N) is 2. The Balaban J connectivity index is 2.06. The van der Waals surface area contributed by atoms with Crippen LogP contribution in [0.5, 0.6) is 0 Å². The quantitative estimate of drug-likeness (QED) is 0.715. The zero-order valence-corrected chi connectivity index (χ0v) is 11.4. The van der Waals surface area contributed by atoms with Crippen LogP contribution in [-0.4, -0.2) is 26.8 Å². The number of benzene rings is 1. The Bertz CT molecular complexity index is 632. The second-order valence-electron chi connectivity index (χ2n) is 4.60. The van der Waals surface area contributed by atoms with Crippen molar-refractivity contribution in [2.45, 2.75) is 17.7 Å². The zero-order valence-electron chi connectivity index (χ0n) is 10.6. The fourth-order valence-corrected chi connectivity index (χ4v) is 2.51. The first kappa shape index (κ1) is 14.5. The lowest BCUT2D eigenvalue weighted by Crippen LogP contribution is -2.40. The van der Waals surface area contributed by atoms with E-state index in [4.69, 9.17) is 5.14 Å². The molecule has 8 heteroatoms. The van der Waals surface area contributed by atoms with Crippen LogP contribution in [0.2, 0.25) is 0 Å². The van der Waals surface area contributed by atoms with Crippen molar-refractivity contribution in [1.29, 1.82) is 0 Å². The fourth-order valence-electron chi connectivity index (χ4n) is 1.95. The molecule has 2 amide bonds. The molecule has 1 aromatic rings. The Hall–Kier alpha value is -1.93. The molecule has 108 valence electrons. The number of nitrogens with two attached hydrogens (primary N) is 1. The predicted octanol–water partition coefficient (Wildman–Crippen LogP) is -0.201. The Morgan fingerprint density at radius 3 is 2.75 bits per heavy atom. The van der Waals surface area contributed by atoms with Gasteiger partial charge in [-0.15, -0.1) is 0 Å². The first-order valence-corrected chi connectivity index (χ1v) is 7.61. The van der Waals surface area contributed by atoms with Gasteiger partial charge >= 0.3 is 0 Å². The van der Waals surface area contributed by atoms with E-state index in [-0.39, 0.29) is 22.6 Å². The van der Waals surface area contributed by atoms with Gasteiger partial charge in [0.05, 0.1) is 10.8 Å². The molecule has 1 aliphatic heterocycles. The van der Waals surface area contributed by atoms with E-state index in [1.54, 1.807) is 6.07 Å². The molecule has 1 heterocycles. The van der Waals surface area contributed by atoms with E-state index in [2.05, 4.69) is 10.6 Å². The van der Waals surface area contributed by atoms with Crippen molar-refractivity contribution >= 4 is 27.5 Å². The fraction of sp³-hybridized carbons (Fsp3) is 0.333. The topological polar surface area (TPSA) is 118 Å². The summed E-state index contributed by atoms with van der Waals surface area (Å²) < 4.78 is 22.5. The molecular formula is C12H15N3O4S. The summed E-state index contributed by atoms with van der Waals surface area (Å²) in [5.41, 5.74) is 0.360. The number of sulfonamides is 1. The smallest absolute Gasteiger partial charge is 0.238 e. The van der Waals surface area contributed by atoms with E-state index >= 15 is 0 Å². The number of anilines is 1. The molecule has 7 nitrogen and oxygen atoms in total. The molecule has 2 rings (SSSR count). The summed E-state index contributed by atoms with van der Waals surface area (Å²) in [6.07, 6.45) is 0.794. The van der Waals surface area contributed by atoms with E-state index in [1.807, 2.05) is 0 Å². The van der Waals surface area contributed by atoms with Crippen LogP contribution in [0.3, 0.4) is 0 Å². The second-order valence-corrected chi connectivity index (χ2v) is 6.16. The Kier molecular flexibility index (Phi) is 4.05. The standard InChI is InChI=1S/C12H15N3O4S/c13-20(18,19)10-3-1-2-9(6-10)15-12(17)8-4-5-11(16)14-7-8/h1-3,6,8H,4-5,7H2,(H,14,16)(H,15,17)(H2,13,18,19). The number of piperidine rings is 1. The van der Waals surface area contributed by atoms with Crippen molar-refractivity contribution in [3.05, 3.63) is 24.3 Å². The lowest BCUT2D eigenvalue weighted by molar-refractivity contribution is -0.126. The van der Waals surface area contributed by atoms with Crippen LogP contribution in [0.15, 0.2) is 29.2 Å². The third-order valence-electron chi connectivity index (χ3n) is 3.07. The molecule has 0 bridgehead atoms. The normalized spacial score (nSPS) is 19.2. The molecule has 1 unspecified atom stereocenters. The molecule has 1 aliphatic rings. The Labute approximate surface area is 116 Å². The summed E-state index contributed by atoms with van der Waals surface area (Å²) in [6.45, 7) is 0.291. The van der Waals surface area contributed by atoms with E-state index in [0.717, 1.165) is 0 Å². The Morgan fingerprint density at radius 1 is 1.40 bits per heavy atom. The van der Waals surface area contributed by atoms with Crippen LogP contribution >= 0.6 is 0 Å². The molecule has 1 atom stereocenters. The van der Waals surface area contributed by atoms with Crippen molar-refractivity contribution < 1.29 is 18.0 Å². The third-order valence-corrected chi connectivity index (χ3v) is 3.98. The van der Waals surface area contributed by atoms with Gasteiger partial charge < -0.3 is 10.6 Å². The Morgan fingerprint density at radius 2 is 2.15 bits per heavy atom. The maximum absolute atomic E-state index is 12.0. The molecule has 1 fully saturated rings. The number of hydrogen-bond acceptors (Lipinski definition) is 4. The largest absolute Gasteiger partial charge is 0.355 e. The van der Waals surface area contributed by atoms with Gasteiger partial charge in [-0.05, 0) is 24.6 Å². The van der Waals surface area contributed by atoms with Crippen molar-refractivity contribution in [1.82, 2.24) is 5.32 Å². The average Bonchev–Trinajstić information content (AvgIpc) is 2.38. The molecular weight excluding hydrogens is 282 g/mol. The average molecular weight is 297 g/mol. The van der Waals surface area contributed by atoms with Gasteiger partial charge in [-0.25, -0.2) is 13.6 Å². The van der Waals surface area contributed by atoms with Crippen molar-refractivity contribution in [3.63, 3.8) is 0 Å². The minimum Gasteiger partial charge on any atom is -0.355 e. The number of primary sulfonamides is 1. The summed E-state index contributed by atoms with van der Waals surface area (Å²) in [6, 6.07) is 5.73. The second kappa shape index (κ2) is 5.59. The van der Waals surface area contributed by atoms with Gasteiger partial charge in [0.25, 0.3) is 0 Å². The maximum Gasteiger partial charge on any atom is 0.238 e. The molecule has 1 aromatic carbocycles. The van der Waals surface area contributed by atoms with Gasteiger partial charge in [0, 0.05) is 18.7 Å². The lowest BCUT2D eigenvalue weighted by atomic mass is 9.98. The van der Waals surface area contributed by atoms with Gasteiger partial charge in [-0.1, -0.05) is 6.07 Å². The monoisotopic (exact) mass is 297 g/mol. The van der Waals surface area contributed by atoms with Gasteiger partial charge in [0.1, 0.15) is 0 Å². The summed E-state index contributed by atoms with van der Waals surface area (Å²) in [4.78, 5) is 23.0. The van der Waals surface area contributed by atoms with E-state index in [0.29, 0.717) is 25.1 Å². The molecule has 0 aromatic heterocycles. The summed E-state index contributed by atoms with van der Waals surface area (Å²) in [5.74, 6) is -0.632. The van der Waals surface area contributed by atoms with Crippen LogP contribution in [0.25, 0.3) is 0 Å². The SMILES string of the molecule is NS(=O)(=O)c1cccc(NC(=O)C2CCC(=O)NC2)c1. The van der Waals surface area contributed by atoms with Crippen LogP contribution in [0, 0.1) is 5.92 Å². The zero-order chi connectivity index (χ0) is 14.8.